The van der Waals surface area contributed by atoms with Crippen LogP contribution in [-0.2, 0) is 11.2 Å². The van der Waals surface area contributed by atoms with Crippen LogP contribution in [0.5, 0.6) is 0 Å². The fraction of sp³-hybridized carbons (Fsp3) is 0.478. The van der Waals surface area contributed by atoms with Gasteiger partial charge in [0.25, 0.3) is 0 Å². The predicted octanol–water partition coefficient (Wildman–Crippen LogP) is 2.08. The molecule has 3 heterocycles. The Morgan fingerprint density at radius 1 is 1.03 bits per heavy atom. The number of carbonyl (C=O) groups is 1. The number of hydrogen-bond donors (Lipinski definition) is 1. The van der Waals surface area contributed by atoms with Crippen LogP contribution in [0.1, 0.15) is 17.5 Å². The van der Waals surface area contributed by atoms with Crippen LogP contribution < -0.4 is 15.1 Å². The Labute approximate surface area is 173 Å². The second-order valence-electron chi connectivity index (χ2n) is 8.35. The summed E-state index contributed by atoms with van der Waals surface area (Å²) in [5.41, 5.74) is 4.62. The summed E-state index contributed by atoms with van der Waals surface area (Å²) in [6, 6.07) is 10.8. The van der Waals surface area contributed by atoms with Crippen molar-refractivity contribution in [3.05, 3.63) is 53.9 Å². The minimum atomic E-state index is 0.103. The van der Waals surface area contributed by atoms with Crippen LogP contribution in [0.4, 0.5) is 11.4 Å². The maximum Gasteiger partial charge on any atom is 0.224 e. The van der Waals surface area contributed by atoms with Gasteiger partial charge in [0.05, 0.1) is 18.3 Å². The fourth-order valence-electron chi connectivity index (χ4n) is 4.18. The van der Waals surface area contributed by atoms with E-state index < -0.39 is 0 Å². The van der Waals surface area contributed by atoms with Crippen LogP contribution in [-0.4, -0.2) is 68.1 Å². The lowest BCUT2D eigenvalue weighted by Gasteiger charge is -2.34. The zero-order valence-corrected chi connectivity index (χ0v) is 17.5. The Kier molecular flexibility index (Phi) is 6.00. The molecule has 1 aromatic heterocycles. The summed E-state index contributed by atoms with van der Waals surface area (Å²) >= 11 is 0. The van der Waals surface area contributed by atoms with Gasteiger partial charge in [0.15, 0.2) is 0 Å². The number of benzene rings is 1. The molecule has 2 saturated heterocycles. The molecule has 2 aromatic rings. The molecule has 0 aliphatic carbocycles. The van der Waals surface area contributed by atoms with Gasteiger partial charge in [0.1, 0.15) is 0 Å². The molecule has 1 atom stereocenters. The first kappa shape index (κ1) is 19.7. The van der Waals surface area contributed by atoms with Crippen LogP contribution in [0.15, 0.2) is 42.7 Å². The van der Waals surface area contributed by atoms with Gasteiger partial charge in [-0.15, -0.1) is 0 Å². The summed E-state index contributed by atoms with van der Waals surface area (Å²) in [5, 5.41) is 3.21. The Bertz CT molecular complexity index is 829. The zero-order valence-electron chi connectivity index (χ0n) is 17.5. The van der Waals surface area contributed by atoms with E-state index in [1.807, 2.05) is 12.4 Å². The SMILES string of the molecule is Cc1cncc(N2CC[C@@H](NC(=O)Cc3ccc(N4CCN(C)CC4)cc3)C2)c1. The summed E-state index contributed by atoms with van der Waals surface area (Å²) < 4.78 is 0. The highest BCUT2D eigenvalue weighted by Crippen LogP contribution is 2.21. The molecule has 0 spiro atoms. The van der Waals surface area contributed by atoms with E-state index in [0.717, 1.165) is 62.5 Å². The molecule has 1 amide bonds. The van der Waals surface area contributed by atoms with Crippen molar-refractivity contribution in [3.63, 3.8) is 0 Å². The van der Waals surface area contributed by atoms with E-state index in [4.69, 9.17) is 0 Å². The molecule has 0 radical (unpaired) electrons. The van der Waals surface area contributed by atoms with Crippen molar-refractivity contribution >= 4 is 17.3 Å². The molecular formula is C23H31N5O. The molecule has 1 N–H and O–H groups in total. The highest BCUT2D eigenvalue weighted by molar-refractivity contribution is 5.79. The molecule has 0 unspecified atom stereocenters. The van der Waals surface area contributed by atoms with Gasteiger partial charge in [-0.2, -0.15) is 0 Å². The highest BCUT2D eigenvalue weighted by Gasteiger charge is 2.24. The maximum atomic E-state index is 12.5. The van der Waals surface area contributed by atoms with Crippen molar-refractivity contribution in [2.45, 2.75) is 25.8 Å². The number of anilines is 2. The molecule has 4 rings (SSSR count). The predicted molar refractivity (Wildman–Crippen MR) is 118 cm³/mol. The van der Waals surface area contributed by atoms with E-state index in [1.54, 1.807) is 0 Å². The second-order valence-corrected chi connectivity index (χ2v) is 8.35. The molecule has 0 bridgehead atoms. The van der Waals surface area contributed by atoms with E-state index >= 15 is 0 Å². The van der Waals surface area contributed by atoms with Crippen LogP contribution >= 0.6 is 0 Å². The van der Waals surface area contributed by atoms with Gasteiger partial charge in [-0.1, -0.05) is 12.1 Å². The summed E-state index contributed by atoms with van der Waals surface area (Å²) in [4.78, 5) is 23.9. The molecule has 0 saturated carbocycles. The lowest BCUT2D eigenvalue weighted by molar-refractivity contribution is -0.121. The third kappa shape index (κ3) is 5.07. The van der Waals surface area contributed by atoms with Crippen molar-refractivity contribution in [1.82, 2.24) is 15.2 Å². The number of pyridine rings is 1. The van der Waals surface area contributed by atoms with Gasteiger partial charge in [-0.3, -0.25) is 9.78 Å². The minimum absolute atomic E-state index is 0.103. The molecule has 154 valence electrons. The molecule has 29 heavy (non-hydrogen) atoms. The average Bonchev–Trinajstić information content (AvgIpc) is 3.18. The van der Waals surface area contributed by atoms with E-state index in [0.29, 0.717) is 6.42 Å². The van der Waals surface area contributed by atoms with Crippen molar-refractivity contribution in [2.75, 3.05) is 56.1 Å². The number of aromatic nitrogens is 1. The fourth-order valence-corrected chi connectivity index (χ4v) is 4.18. The van der Waals surface area contributed by atoms with Crippen LogP contribution in [0.25, 0.3) is 0 Å². The molecule has 1 aromatic carbocycles. The Morgan fingerprint density at radius 3 is 2.52 bits per heavy atom. The average molecular weight is 394 g/mol. The first-order valence-electron chi connectivity index (χ1n) is 10.6. The second kappa shape index (κ2) is 8.82. The van der Waals surface area contributed by atoms with Gasteiger partial charge in [0, 0.05) is 57.2 Å². The number of likely N-dealkylation sites (N-methyl/N-ethyl adjacent to an activating group) is 1. The molecule has 2 aliphatic heterocycles. The zero-order chi connectivity index (χ0) is 20.2. The summed E-state index contributed by atoms with van der Waals surface area (Å²) in [6.07, 6.45) is 5.18. The maximum absolute atomic E-state index is 12.5. The highest BCUT2D eigenvalue weighted by atomic mass is 16.1. The number of nitrogens with one attached hydrogen (secondary N) is 1. The van der Waals surface area contributed by atoms with E-state index in [9.17, 15) is 4.79 Å². The number of rotatable bonds is 5. The van der Waals surface area contributed by atoms with Crippen LogP contribution in [0.3, 0.4) is 0 Å². The molecule has 2 aliphatic rings. The van der Waals surface area contributed by atoms with Gasteiger partial charge in [-0.05, 0) is 49.7 Å². The first-order valence-corrected chi connectivity index (χ1v) is 10.6. The molecule has 6 nitrogen and oxygen atoms in total. The number of aryl methyl sites for hydroxylation is 1. The number of nitrogens with zero attached hydrogens (tertiary/aromatic N) is 4. The van der Waals surface area contributed by atoms with Crippen molar-refractivity contribution in [1.29, 1.82) is 0 Å². The topological polar surface area (TPSA) is 51.7 Å². The monoisotopic (exact) mass is 393 g/mol. The lowest BCUT2D eigenvalue weighted by Crippen LogP contribution is -2.44. The largest absolute Gasteiger partial charge is 0.369 e. The van der Waals surface area contributed by atoms with Gasteiger partial charge in [0.2, 0.25) is 5.91 Å². The first-order chi connectivity index (χ1) is 14.1. The quantitative estimate of drug-likeness (QED) is 0.843. The van der Waals surface area contributed by atoms with Crippen LogP contribution in [0, 0.1) is 6.92 Å². The smallest absolute Gasteiger partial charge is 0.224 e. The van der Waals surface area contributed by atoms with E-state index in [1.165, 1.54) is 5.69 Å². The van der Waals surface area contributed by atoms with Gasteiger partial charge >= 0.3 is 0 Å². The third-order valence-electron chi connectivity index (χ3n) is 5.95. The summed E-state index contributed by atoms with van der Waals surface area (Å²) in [5.74, 6) is 0.103. The number of carbonyl (C=O) groups excluding carboxylic acids is 1. The van der Waals surface area contributed by atoms with E-state index in [2.05, 4.69) is 69.3 Å². The van der Waals surface area contributed by atoms with Gasteiger partial charge < -0.3 is 20.0 Å². The Morgan fingerprint density at radius 2 is 1.79 bits per heavy atom. The minimum Gasteiger partial charge on any atom is -0.369 e. The number of amides is 1. The molecular weight excluding hydrogens is 362 g/mol. The Hall–Kier alpha value is -2.60. The standard InChI is InChI=1S/C23H31N5O/c1-18-13-22(16-24-15-18)28-8-7-20(17-28)25-23(29)14-19-3-5-21(6-4-19)27-11-9-26(2)10-12-27/h3-6,13,15-16,20H,7-12,14,17H2,1-2H3,(H,25,29)/t20-/m1/s1. The van der Waals surface area contributed by atoms with Crippen molar-refractivity contribution in [3.8, 4) is 0 Å². The normalized spacial score (nSPS) is 20.1. The number of hydrogen-bond acceptors (Lipinski definition) is 5. The van der Waals surface area contributed by atoms with Crippen molar-refractivity contribution in [2.24, 2.45) is 0 Å². The third-order valence-corrected chi connectivity index (χ3v) is 5.95. The Balaban J connectivity index is 1.26. The molecule has 6 heteroatoms. The summed E-state index contributed by atoms with van der Waals surface area (Å²) in [6.45, 7) is 8.17. The number of piperazine rings is 1. The van der Waals surface area contributed by atoms with E-state index in [-0.39, 0.29) is 11.9 Å². The summed E-state index contributed by atoms with van der Waals surface area (Å²) in [7, 11) is 2.17. The van der Waals surface area contributed by atoms with Crippen LogP contribution in [0.2, 0.25) is 0 Å². The van der Waals surface area contributed by atoms with Gasteiger partial charge in [-0.25, -0.2) is 0 Å². The molecule has 2 fully saturated rings. The lowest BCUT2D eigenvalue weighted by atomic mass is 10.1. The van der Waals surface area contributed by atoms with Crippen molar-refractivity contribution < 1.29 is 4.79 Å².